The van der Waals surface area contributed by atoms with Gasteiger partial charge in [0.05, 0.1) is 12.0 Å². The lowest BCUT2D eigenvalue weighted by Gasteiger charge is -2.41. The standard InChI is InChI=1S/C22H25F3N2O/c1-21(2,27-11-10-17-7-3-4-8-18(17)14-27)15-26-20(28)13-16-6-5-9-19(12-16)22(23,24)25/h3-9,12H,10-11,13-15H2,1-2H3,(H,26,28). The summed E-state index contributed by atoms with van der Waals surface area (Å²) < 4.78 is 38.4. The Morgan fingerprint density at radius 1 is 1.07 bits per heavy atom. The van der Waals surface area contributed by atoms with Crippen LogP contribution in [0.4, 0.5) is 13.2 Å². The van der Waals surface area contributed by atoms with E-state index in [2.05, 4.69) is 36.2 Å². The number of carbonyl (C=O) groups is 1. The first-order chi connectivity index (χ1) is 13.1. The Morgan fingerprint density at radius 2 is 1.79 bits per heavy atom. The highest BCUT2D eigenvalue weighted by Gasteiger charge is 2.31. The SMILES string of the molecule is CC(C)(CNC(=O)Cc1cccc(C(F)(F)F)c1)N1CCc2ccccc2C1. The van der Waals surface area contributed by atoms with Crippen LogP contribution in [0.1, 0.15) is 36.1 Å². The summed E-state index contributed by atoms with van der Waals surface area (Å²) in [5.74, 6) is -0.273. The molecule has 2 aromatic carbocycles. The van der Waals surface area contributed by atoms with Crippen molar-refractivity contribution in [2.75, 3.05) is 13.1 Å². The second kappa shape index (κ2) is 7.95. The maximum atomic E-state index is 12.8. The zero-order valence-electron chi connectivity index (χ0n) is 16.1. The fraction of sp³-hybridized carbons (Fsp3) is 0.409. The number of rotatable bonds is 5. The van der Waals surface area contributed by atoms with Crippen molar-refractivity contribution in [1.29, 1.82) is 0 Å². The zero-order chi connectivity index (χ0) is 20.4. The van der Waals surface area contributed by atoms with Crippen molar-refractivity contribution in [1.82, 2.24) is 10.2 Å². The number of fused-ring (bicyclic) bond motifs is 1. The average Bonchev–Trinajstić information content (AvgIpc) is 2.66. The number of hydrogen-bond acceptors (Lipinski definition) is 2. The number of hydrogen-bond donors (Lipinski definition) is 1. The number of halogens is 3. The van der Waals surface area contributed by atoms with Crippen LogP contribution in [-0.4, -0.2) is 29.4 Å². The van der Waals surface area contributed by atoms with Gasteiger partial charge in [-0.15, -0.1) is 0 Å². The number of alkyl halides is 3. The first-order valence-corrected chi connectivity index (χ1v) is 9.40. The van der Waals surface area contributed by atoms with Gasteiger partial charge in [-0.25, -0.2) is 0 Å². The Kier molecular flexibility index (Phi) is 5.79. The van der Waals surface area contributed by atoms with Crippen molar-refractivity contribution in [3.05, 3.63) is 70.8 Å². The molecule has 1 aliphatic rings. The minimum atomic E-state index is -4.40. The normalized spacial score (nSPS) is 15.2. The van der Waals surface area contributed by atoms with Gasteiger partial charge in [-0.2, -0.15) is 13.2 Å². The Morgan fingerprint density at radius 3 is 2.50 bits per heavy atom. The van der Waals surface area contributed by atoms with Gasteiger partial charge in [0, 0.05) is 25.2 Å². The maximum Gasteiger partial charge on any atom is 0.416 e. The van der Waals surface area contributed by atoms with Crippen molar-refractivity contribution in [3.63, 3.8) is 0 Å². The monoisotopic (exact) mass is 390 g/mol. The van der Waals surface area contributed by atoms with E-state index in [0.29, 0.717) is 12.1 Å². The van der Waals surface area contributed by atoms with E-state index < -0.39 is 11.7 Å². The molecule has 0 spiro atoms. The summed E-state index contributed by atoms with van der Waals surface area (Å²) in [6.45, 7) is 6.32. The molecule has 1 heterocycles. The molecule has 0 aliphatic carbocycles. The van der Waals surface area contributed by atoms with Crippen molar-refractivity contribution in [2.45, 2.75) is 44.9 Å². The number of carbonyl (C=O) groups excluding carboxylic acids is 1. The van der Waals surface area contributed by atoms with E-state index in [1.54, 1.807) is 6.07 Å². The molecule has 0 fully saturated rings. The van der Waals surface area contributed by atoms with Gasteiger partial charge in [0.25, 0.3) is 0 Å². The molecule has 3 nitrogen and oxygen atoms in total. The van der Waals surface area contributed by atoms with Crippen molar-refractivity contribution >= 4 is 5.91 Å². The fourth-order valence-electron chi connectivity index (χ4n) is 3.54. The second-order valence-electron chi connectivity index (χ2n) is 7.90. The minimum Gasteiger partial charge on any atom is -0.354 e. The van der Waals surface area contributed by atoms with E-state index in [1.165, 1.54) is 17.2 Å². The molecule has 150 valence electrons. The largest absolute Gasteiger partial charge is 0.416 e. The van der Waals surface area contributed by atoms with Crippen molar-refractivity contribution in [2.24, 2.45) is 0 Å². The third-order valence-electron chi connectivity index (χ3n) is 5.32. The van der Waals surface area contributed by atoms with Gasteiger partial charge in [0.1, 0.15) is 0 Å². The van der Waals surface area contributed by atoms with Gasteiger partial charge < -0.3 is 5.32 Å². The fourth-order valence-corrected chi connectivity index (χ4v) is 3.54. The molecule has 2 aromatic rings. The molecule has 6 heteroatoms. The molecule has 1 amide bonds. The smallest absolute Gasteiger partial charge is 0.354 e. The number of benzene rings is 2. The summed E-state index contributed by atoms with van der Waals surface area (Å²) in [5.41, 5.74) is 2.04. The van der Waals surface area contributed by atoms with Crippen molar-refractivity contribution in [3.8, 4) is 0 Å². The first kappa shape index (κ1) is 20.4. The van der Waals surface area contributed by atoms with E-state index in [-0.39, 0.29) is 17.9 Å². The third-order valence-corrected chi connectivity index (χ3v) is 5.32. The predicted molar refractivity (Wildman–Crippen MR) is 103 cm³/mol. The van der Waals surface area contributed by atoms with Gasteiger partial charge in [0.2, 0.25) is 5.91 Å². The molecule has 0 saturated heterocycles. The van der Waals surface area contributed by atoms with E-state index >= 15 is 0 Å². The van der Waals surface area contributed by atoms with E-state index in [1.807, 2.05) is 12.1 Å². The van der Waals surface area contributed by atoms with Crippen LogP contribution in [0.2, 0.25) is 0 Å². The minimum absolute atomic E-state index is 0.0666. The Labute approximate surface area is 163 Å². The maximum absolute atomic E-state index is 12.8. The van der Waals surface area contributed by atoms with Crippen LogP contribution in [-0.2, 0) is 30.4 Å². The number of amides is 1. The van der Waals surface area contributed by atoms with Crippen LogP contribution in [0, 0.1) is 0 Å². The van der Waals surface area contributed by atoms with Gasteiger partial charge in [-0.05, 0) is 43.0 Å². The predicted octanol–water partition coefficient (Wildman–Crippen LogP) is 4.20. The summed E-state index contributed by atoms with van der Waals surface area (Å²) >= 11 is 0. The zero-order valence-corrected chi connectivity index (χ0v) is 16.1. The molecule has 0 bridgehead atoms. The molecule has 0 atom stereocenters. The first-order valence-electron chi connectivity index (χ1n) is 9.40. The van der Waals surface area contributed by atoms with Crippen molar-refractivity contribution < 1.29 is 18.0 Å². The van der Waals surface area contributed by atoms with Gasteiger partial charge in [-0.3, -0.25) is 9.69 Å². The van der Waals surface area contributed by atoms with Gasteiger partial charge in [-0.1, -0.05) is 42.5 Å². The lowest BCUT2D eigenvalue weighted by atomic mass is 9.94. The summed E-state index contributed by atoms with van der Waals surface area (Å²) in [6.07, 6.45) is -3.50. The van der Waals surface area contributed by atoms with Crippen LogP contribution in [0.25, 0.3) is 0 Å². The highest BCUT2D eigenvalue weighted by Crippen LogP contribution is 2.29. The lowest BCUT2D eigenvalue weighted by Crippen LogP contribution is -2.53. The molecule has 1 N–H and O–H groups in total. The molecule has 0 aromatic heterocycles. The summed E-state index contributed by atoms with van der Waals surface area (Å²) in [5, 5.41) is 2.89. The third kappa shape index (κ3) is 4.93. The molecule has 1 aliphatic heterocycles. The van der Waals surface area contributed by atoms with Crippen LogP contribution in [0.5, 0.6) is 0 Å². The van der Waals surface area contributed by atoms with Crippen LogP contribution >= 0.6 is 0 Å². The van der Waals surface area contributed by atoms with Crippen LogP contribution < -0.4 is 5.32 Å². The van der Waals surface area contributed by atoms with E-state index in [9.17, 15) is 18.0 Å². The molecular formula is C22H25F3N2O. The summed E-state index contributed by atoms with van der Waals surface area (Å²) in [4.78, 5) is 14.6. The molecular weight excluding hydrogens is 365 g/mol. The molecule has 0 unspecified atom stereocenters. The number of nitrogens with zero attached hydrogens (tertiary/aromatic N) is 1. The highest BCUT2D eigenvalue weighted by molar-refractivity contribution is 5.78. The summed E-state index contributed by atoms with van der Waals surface area (Å²) in [6, 6.07) is 13.3. The topological polar surface area (TPSA) is 32.3 Å². The Hall–Kier alpha value is -2.34. The quantitative estimate of drug-likeness (QED) is 0.830. The number of nitrogens with one attached hydrogen (secondary N) is 1. The Bertz CT molecular complexity index is 846. The van der Waals surface area contributed by atoms with Gasteiger partial charge >= 0.3 is 6.18 Å². The van der Waals surface area contributed by atoms with Crippen LogP contribution in [0.3, 0.4) is 0 Å². The summed E-state index contributed by atoms with van der Waals surface area (Å²) in [7, 11) is 0. The highest BCUT2D eigenvalue weighted by atomic mass is 19.4. The van der Waals surface area contributed by atoms with E-state index in [0.717, 1.165) is 31.6 Å². The molecule has 28 heavy (non-hydrogen) atoms. The molecule has 3 rings (SSSR count). The molecule has 0 radical (unpaired) electrons. The van der Waals surface area contributed by atoms with Crippen LogP contribution in [0.15, 0.2) is 48.5 Å². The lowest BCUT2D eigenvalue weighted by molar-refractivity contribution is -0.137. The average molecular weight is 390 g/mol. The van der Waals surface area contributed by atoms with E-state index in [4.69, 9.17) is 0 Å². The Balaban J connectivity index is 1.57. The molecule has 0 saturated carbocycles. The van der Waals surface area contributed by atoms with Gasteiger partial charge in [0.15, 0.2) is 0 Å². The second-order valence-corrected chi connectivity index (χ2v) is 7.90.